The average Bonchev–Trinajstić information content (AvgIpc) is 2.29. The quantitative estimate of drug-likeness (QED) is 0.871. The topological polar surface area (TPSA) is 46.3 Å². The van der Waals surface area contributed by atoms with Gasteiger partial charge >= 0.3 is 0 Å². The Bertz CT molecular complexity index is 465. The van der Waals surface area contributed by atoms with Gasteiger partial charge < -0.3 is 10.6 Å². The summed E-state index contributed by atoms with van der Waals surface area (Å²) < 4.78 is 0. The molecule has 1 atom stereocenters. The summed E-state index contributed by atoms with van der Waals surface area (Å²) in [7, 11) is 1.63. The van der Waals surface area contributed by atoms with Crippen molar-refractivity contribution in [1.29, 1.82) is 0 Å². The zero-order valence-corrected chi connectivity index (χ0v) is 11.7. The predicted molar refractivity (Wildman–Crippen MR) is 74.8 cm³/mol. The van der Waals surface area contributed by atoms with Crippen LogP contribution < -0.4 is 5.73 Å². The number of rotatable bonds is 3. The second kappa shape index (κ2) is 5.67. The molecular formula is C11H12Cl2N2OS. The van der Waals surface area contributed by atoms with E-state index >= 15 is 0 Å². The highest BCUT2D eigenvalue weighted by atomic mass is 35.5. The minimum Gasteiger partial charge on any atom is -0.392 e. The van der Waals surface area contributed by atoms with Crippen molar-refractivity contribution >= 4 is 46.3 Å². The highest BCUT2D eigenvalue weighted by Crippen LogP contribution is 2.23. The van der Waals surface area contributed by atoms with Crippen molar-refractivity contribution in [2.75, 3.05) is 7.05 Å². The third-order valence-corrected chi connectivity index (χ3v) is 3.56. The fourth-order valence-electron chi connectivity index (χ4n) is 1.20. The van der Waals surface area contributed by atoms with Crippen LogP contribution in [0.4, 0.5) is 0 Å². The van der Waals surface area contributed by atoms with Crippen LogP contribution in [0, 0.1) is 0 Å². The van der Waals surface area contributed by atoms with Crippen molar-refractivity contribution in [2.24, 2.45) is 5.73 Å². The van der Waals surface area contributed by atoms with Gasteiger partial charge in [0.25, 0.3) is 5.91 Å². The molecule has 0 saturated heterocycles. The maximum absolute atomic E-state index is 12.1. The highest BCUT2D eigenvalue weighted by Gasteiger charge is 2.19. The molecule has 3 nitrogen and oxygen atoms in total. The third-order valence-electron chi connectivity index (χ3n) is 2.48. The summed E-state index contributed by atoms with van der Waals surface area (Å²) in [4.78, 5) is 13.8. The lowest BCUT2D eigenvalue weighted by atomic mass is 10.2. The third kappa shape index (κ3) is 3.31. The normalized spacial score (nSPS) is 12.0. The Morgan fingerprint density at radius 3 is 2.47 bits per heavy atom. The Kier molecular flexibility index (Phi) is 4.74. The molecule has 1 aromatic carbocycles. The van der Waals surface area contributed by atoms with Crippen molar-refractivity contribution in [3.8, 4) is 0 Å². The molecule has 1 amide bonds. The van der Waals surface area contributed by atoms with Gasteiger partial charge in [-0.3, -0.25) is 4.79 Å². The number of amides is 1. The van der Waals surface area contributed by atoms with Crippen LogP contribution in [-0.2, 0) is 0 Å². The van der Waals surface area contributed by atoms with Gasteiger partial charge in [-0.1, -0.05) is 35.4 Å². The predicted octanol–water partition coefficient (Wildman–Crippen LogP) is 2.74. The monoisotopic (exact) mass is 290 g/mol. The lowest BCUT2D eigenvalue weighted by Crippen LogP contribution is -2.42. The molecule has 0 saturated carbocycles. The minimum atomic E-state index is -0.313. The van der Waals surface area contributed by atoms with Gasteiger partial charge in [-0.05, 0) is 25.1 Å². The lowest BCUT2D eigenvalue weighted by molar-refractivity contribution is 0.0779. The van der Waals surface area contributed by atoms with Gasteiger partial charge in [0.15, 0.2) is 0 Å². The van der Waals surface area contributed by atoms with Crippen LogP contribution in [0.15, 0.2) is 18.2 Å². The van der Waals surface area contributed by atoms with Crippen LogP contribution in [-0.4, -0.2) is 28.9 Å². The van der Waals surface area contributed by atoms with E-state index in [1.165, 1.54) is 11.0 Å². The van der Waals surface area contributed by atoms with Crippen LogP contribution >= 0.6 is 35.4 Å². The van der Waals surface area contributed by atoms with E-state index in [4.69, 9.17) is 41.2 Å². The number of carbonyl (C=O) groups excluding carboxylic acids is 1. The molecule has 0 bridgehead atoms. The number of carbonyl (C=O) groups is 1. The maximum Gasteiger partial charge on any atom is 0.254 e. The van der Waals surface area contributed by atoms with E-state index in [9.17, 15) is 4.79 Å². The van der Waals surface area contributed by atoms with E-state index in [0.717, 1.165) is 0 Å². The highest BCUT2D eigenvalue weighted by molar-refractivity contribution is 7.80. The Labute approximate surface area is 115 Å². The number of thiocarbonyl (C=S) groups is 1. The number of hydrogen-bond donors (Lipinski definition) is 1. The van der Waals surface area contributed by atoms with E-state index < -0.39 is 0 Å². The van der Waals surface area contributed by atoms with Crippen LogP contribution in [0.2, 0.25) is 10.0 Å². The molecule has 0 radical (unpaired) electrons. The number of likely N-dealkylation sites (N-methyl/N-ethyl adjacent to an activating group) is 1. The van der Waals surface area contributed by atoms with Crippen LogP contribution in [0.3, 0.4) is 0 Å². The second-order valence-corrected chi connectivity index (χ2v) is 4.91. The molecule has 0 aliphatic carbocycles. The number of nitrogens with two attached hydrogens (primary N) is 1. The Balaban J connectivity index is 2.96. The van der Waals surface area contributed by atoms with Gasteiger partial charge in [-0.25, -0.2) is 0 Å². The van der Waals surface area contributed by atoms with Gasteiger partial charge in [0.2, 0.25) is 0 Å². The first-order valence-corrected chi connectivity index (χ1v) is 6.02. The smallest absolute Gasteiger partial charge is 0.254 e. The lowest BCUT2D eigenvalue weighted by Gasteiger charge is -2.24. The molecular weight excluding hydrogens is 279 g/mol. The molecule has 6 heteroatoms. The van der Waals surface area contributed by atoms with Crippen LogP contribution in [0.5, 0.6) is 0 Å². The van der Waals surface area contributed by atoms with E-state index in [2.05, 4.69) is 0 Å². The fraction of sp³-hybridized carbons (Fsp3) is 0.273. The van der Waals surface area contributed by atoms with Gasteiger partial charge in [0.1, 0.15) is 0 Å². The molecule has 0 aromatic heterocycles. The SMILES string of the molecule is CC(C(N)=S)N(C)C(=O)c1ccc(Cl)c(Cl)c1. The summed E-state index contributed by atoms with van der Waals surface area (Å²) >= 11 is 16.5. The molecule has 0 aliphatic rings. The second-order valence-electron chi connectivity index (χ2n) is 3.62. The van der Waals surface area contributed by atoms with Crippen molar-refractivity contribution < 1.29 is 4.79 Å². The molecule has 0 heterocycles. The largest absolute Gasteiger partial charge is 0.392 e. The minimum absolute atomic E-state index is 0.205. The number of nitrogens with zero attached hydrogens (tertiary/aromatic N) is 1. The zero-order chi connectivity index (χ0) is 13.2. The van der Waals surface area contributed by atoms with E-state index in [-0.39, 0.29) is 16.9 Å². The standard InChI is InChI=1S/C11H12Cl2N2OS/c1-6(10(14)17)15(2)11(16)7-3-4-8(12)9(13)5-7/h3-6H,1-2H3,(H2,14,17). The van der Waals surface area contributed by atoms with E-state index in [1.807, 2.05) is 0 Å². The number of halogens is 2. The zero-order valence-electron chi connectivity index (χ0n) is 9.41. The molecule has 1 aromatic rings. The van der Waals surface area contributed by atoms with Crippen molar-refractivity contribution in [3.63, 3.8) is 0 Å². The van der Waals surface area contributed by atoms with E-state index in [1.54, 1.807) is 26.1 Å². The molecule has 92 valence electrons. The molecule has 0 spiro atoms. The Morgan fingerprint density at radius 2 is 2.00 bits per heavy atom. The first-order chi connectivity index (χ1) is 7.84. The first-order valence-electron chi connectivity index (χ1n) is 4.86. The summed E-state index contributed by atoms with van der Waals surface area (Å²) in [5.41, 5.74) is 5.95. The van der Waals surface area contributed by atoms with Gasteiger partial charge in [0.05, 0.1) is 21.1 Å². The molecule has 2 N–H and O–H groups in total. The molecule has 1 rings (SSSR count). The fourth-order valence-corrected chi connectivity index (χ4v) is 1.66. The Morgan fingerprint density at radius 1 is 1.41 bits per heavy atom. The molecule has 1 unspecified atom stereocenters. The number of benzene rings is 1. The summed E-state index contributed by atoms with van der Waals surface area (Å²) in [6.07, 6.45) is 0. The Hall–Kier alpha value is -0.840. The van der Waals surface area contributed by atoms with Gasteiger partial charge in [-0.2, -0.15) is 0 Å². The summed E-state index contributed by atoms with van der Waals surface area (Å²) in [6.45, 7) is 1.76. The summed E-state index contributed by atoms with van der Waals surface area (Å²) in [5, 5.41) is 0.752. The van der Waals surface area contributed by atoms with Gasteiger partial charge in [-0.15, -0.1) is 0 Å². The summed E-state index contributed by atoms with van der Waals surface area (Å²) in [6, 6.07) is 4.40. The van der Waals surface area contributed by atoms with Crippen LogP contribution in [0.1, 0.15) is 17.3 Å². The number of hydrogen-bond acceptors (Lipinski definition) is 2. The first kappa shape index (κ1) is 14.2. The van der Waals surface area contributed by atoms with Crippen molar-refractivity contribution in [3.05, 3.63) is 33.8 Å². The van der Waals surface area contributed by atoms with Crippen LogP contribution in [0.25, 0.3) is 0 Å². The average molecular weight is 291 g/mol. The van der Waals surface area contributed by atoms with Gasteiger partial charge in [0, 0.05) is 12.6 Å². The van der Waals surface area contributed by atoms with Crippen molar-refractivity contribution in [1.82, 2.24) is 4.90 Å². The summed E-state index contributed by atoms with van der Waals surface area (Å²) in [5.74, 6) is -0.205. The molecule has 17 heavy (non-hydrogen) atoms. The van der Waals surface area contributed by atoms with Crippen molar-refractivity contribution in [2.45, 2.75) is 13.0 Å². The molecule has 0 aliphatic heterocycles. The molecule has 0 fully saturated rings. The maximum atomic E-state index is 12.1. The van der Waals surface area contributed by atoms with E-state index in [0.29, 0.717) is 15.6 Å².